The summed E-state index contributed by atoms with van der Waals surface area (Å²) in [6.07, 6.45) is -4.97. The Morgan fingerprint density at radius 1 is 1.00 bits per heavy atom. The normalized spacial score (nSPS) is 17.9. The summed E-state index contributed by atoms with van der Waals surface area (Å²) in [5.74, 6) is -18.1. The van der Waals surface area contributed by atoms with Gasteiger partial charge in [-0.1, -0.05) is 0 Å². The lowest BCUT2D eigenvalue weighted by molar-refractivity contribution is -0.343. The minimum absolute atomic E-state index is 0.472. The zero-order valence-electron chi connectivity index (χ0n) is 9.43. The molecule has 4 nitrogen and oxygen atoms in total. The minimum Gasteiger partial charge on any atom is -0.458 e. The van der Waals surface area contributed by atoms with Crippen molar-refractivity contribution in [2.75, 3.05) is 6.61 Å². The predicted octanol–water partition coefficient (Wildman–Crippen LogP) is 0.755. The molecule has 0 aromatic rings. The third-order valence-electron chi connectivity index (χ3n) is 2.13. The van der Waals surface area contributed by atoms with Crippen molar-refractivity contribution in [2.45, 2.75) is 24.2 Å². The lowest BCUT2D eigenvalue weighted by atomic mass is 10.0. The van der Waals surface area contributed by atoms with E-state index in [4.69, 9.17) is 0 Å². The van der Waals surface area contributed by atoms with Gasteiger partial charge in [0.2, 0.25) is 0 Å². The molecule has 0 bridgehead atoms. The smallest absolute Gasteiger partial charge is 0.458 e. The monoisotopic (exact) mass is 314 g/mol. The molecule has 0 amide bonds. The lowest BCUT2D eigenvalue weighted by Gasteiger charge is -2.32. The van der Waals surface area contributed by atoms with Crippen LogP contribution in [0.1, 0.15) is 0 Å². The average molecular weight is 314 g/mol. The van der Waals surface area contributed by atoms with Gasteiger partial charge in [0.1, 0.15) is 6.61 Å². The van der Waals surface area contributed by atoms with Crippen LogP contribution >= 0.6 is 0 Å². The van der Waals surface area contributed by atoms with Crippen LogP contribution in [0.15, 0.2) is 0 Å². The molecule has 1 rings (SSSR count). The van der Waals surface area contributed by atoms with E-state index in [2.05, 4.69) is 18.4 Å². The van der Waals surface area contributed by atoms with Crippen LogP contribution in [0.2, 0.25) is 0 Å². The van der Waals surface area contributed by atoms with E-state index < -0.39 is 53.5 Å². The molecule has 1 fully saturated rings. The maximum atomic E-state index is 13.0. The summed E-state index contributed by atoms with van der Waals surface area (Å²) in [6, 6.07) is 0. The fourth-order valence-corrected chi connectivity index (χ4v) is 1.03. The highest BCUT2D eigenvalue weighted by Crippen LogP contribution is 2.48. The summed E-state index contributed by atoms with van der Waals surface area (Å²) in [5, 5.41) is 0. The Kier molecular flexibility index (Phi) is 5.32. The highest BCUT2D eigenvalue weighted by atomic mass is 19.4. The first kappa shape index (κ1) is 17.5. The molecule has 15 heteroatoms. The van der Waals surface area contributed by atoms with Gasteiger partial charge in [0, 0.05) is 0 Å². The first-order valence-electron chi connectivity index (χ1n) is 4.86. The summed E-state index contributed by atoms with van der Waals surface area (Å²) < 4.78 is 117. The van der Waals surface area contributed by atoms with Crippen molar-refractivity contribution < 1.29 is 53.5 Å². The number of hydrogen-bond donors (Lipinski definition) is 0. The van der Waals surface area contributed by atoms with Crippen molar-refractivity contribution in [3.05, 3.63) is 0 Å². The molecule has 0 unspecified atom stereocenters. The van der Waals surface area contributed by atoms with Gasteiger partial charge in [-0.05, 0) is 0 Å². The Bertz CT molecular complexity index is 325. The van der Waals surface area contributed by atoms with Crippen molar-refractivity contribution in [1.82, 2.24) is 0 Å². The van der Waals surface area contributed by atoms with E-state index in [9.17, 15) is 35.1 Å². The van der Waals surface area contributed by atoms with Crippen molar-refractivity contribution in [3.8, 4) is 0 Å². The molecule has 0 aromatic heterocycles. The molecule has 114 valence electrons. The Balaban J connectivity index is 2.70. The van der Waals surface area contributed by atoms with E-state index in [1.165, 1.54) is 0 Å². The molecule has 1 heterocycles. The molecule has 1 aliphatic heterocycles. The average Bonchev–Trinajstić information content (AvgIpc) is 2.37. The van der Waals surface area contributed by atoms with Crippen molar-refractivity contribution in [1.29, 1.82) is 0 Å². The van der Waals surface area contributed by atoms with E-state index in [0.717, 1.165) is 0 Å². The van der Waals surface area contributed by atoms with Crippen molar-refractivity contribution in [3.63, 3.8) is 0 Å². The number of halogens is 8. The molecule has 20 heavy (non-hydrogen) atoms. The lowest BCUT2D eigenvalue weighted by Crippen LogP contribution is -2.59. The molecule has 1 aliphatic rings. The van der Waals surface area contributed by atoms with Crippen molar-refractivity contribution >= 4 is 22.7 Å². The summed E-state index contributed by atoms with van der Waals surface area (Å²) in [7, 11) is -2.80. The number of hydrogen-bond acceptors (Lipinski definition) is 4. The molecule has 0 N–H and O–H groups in total. The van der Waals surface area contributed by atoms with E-state index in [1.54, 1.807) is 0 Å². The largest absolute Gasteiger partial charge is 0.611 e. The molecular weight excluding hydrogens is 308 g/mol. The topological polar surface area (TPSA) is 36.9 Å². The summed E-state index contributed by atoms with van der Waals surface area (Å²) in [4.78, 5) is 0. The van der Waals surface area contributed by atoms with Crippen LogP contribution in [0.4, 0.5) is 35.1 Å². The minimum atomic E-state index is -6.32. The number of rotatable bonds is 6. The Hall–Kier alpha value is -0.525. The quantitative estimate of drug-likeness (QED) is 0.536. The first-order chi connectivity index (χ1) is 9.02. The van der Waals surface area contributed by atoms with Gasteiger partial charge in [-0.25, -0.2) is 8.78 Å². The second kappa shape index (κ2) is 6.07. The molecule has 0 radical (unpaired) electrons. The highest BCUT2D eigenvalue weighted by molar-refractivity contribution is 6.57. The highest BCUT2D eigenvalue weighted by Gasteiger charge is 2.75. The molecule has 0 saturated carbocycles. The zero-order chi connectivity index (χ0) is 15.6. The van der Waals surface area contributed by atoms with Crippen LogP contribution in [-0.4, -0.2) is 53.5 Å². The maximum absolute atomic E-state index is 13.0. The molecule has 0 aliphatic carbocycles. The van der Waals surface area contributed by atoms with Crippen LogP contribution in [0.5, 0.6) is 0 Å². The Morgan fingerprint density at radius 2 is 1.50 bits per heavy atom. The molecule has 0 spiro atoms. The summed E-state index contributed by atoms with van der Waals surface area (Å²) >= 11 is 0. The third-order valence-corrected chi connectivity index (χ3v) is 2.13. The summed E-state index contributed by atoms with van der Waals surface area (Å²) in [6.45, 7) is -2.31. The van der Waals surface area contributed by atoms with Crippen molar-refractivity contribution in [2.24, 2.45) is 0 Å². The molecular formula is C5H5B3F8O4. The Labute approximate surface area is 108 Å². The van der Waals surface area contributed by atoms with Gasteiger partial charge in [0.05, 0.1) is 0 Å². The van der Waals surface area contributed by atoms with Crippen LogP contribution in [0, 0.1) is 0 Å². The predicted molar refractivity (Wildman–Crippen MR) is 50.1 cm³/mol. The second-order valence-corrected chi connectivity index (χ2v) is 3.58. The maximum Gasteiger partial charge on any atom is 0.611 e. The van der Waals surface area contributed by atoms with Gasteiger partial charge in [-0.3, -0.25) is 0 Å². The van der Waals surface area contributed by atoms with Gasteiger partial charge in [0.25, 0.3) is 0 Å². The Morgan fingerprint density at radius 3 is 1.95 bits per heavy atom. The van der Waals surface area contributed by atoms with Gasteiger partial charge in [-0.2, -0.15) is 26.3 Å². The van der Waals surface area contributed by atoms with E-state index >= 15 is 0 Å². The van der Waals surface area contributed by atoms with Crippen LogP contribution < -0.4 is 0 Å². The molecule has 0 atom stereocenters. The fourth-order valence-electron chi connectivity index (χ4n) is 1.03. The number of alkyl halides is 8. The van der Waals surface area contributed by atoms with E-state index in [-0.39, 0.29) is 0 Å². The second-order valence-electron chi connectivity index (χ2n) is 3.58. The van der Waals surface area contributed by atoms with Gasteiger partial charge >= 0.3 is 46.9 Å². The molecule has 0 aromatic carbocycles. The van der Waals surface area contributed by atoms with Crippen LogP contribution in [0.3, 0.4) is 0 Å². The zero-order valence-corrected chi connectivity index (χ0v) is 9.43. The SMILES string of the molecule is FC(F)C(F)(F)C(F)(F)C(F)(F)COB1OBOBO1. The van der Waals surface area contributed by atoms with Gasteiger partial charge < -0.3 is 18.4 Å². The van der Waals surface area contributed by atoms with Gasteiger partial charge in [0.15, 0.2) is 0 Å². The third kappa shape index (κ3) is 3.38. The van der Waals surface area contributed by atoms with E-state index in [0.29, 0.717) is 0 Å². The molecule has 1 saturated heterocycles. The first-order valence-corrected chi connectivity index (χ1v) is 4.86. The van der Waals surface area contributed by atoms with Crippen LogP contribution in [-0.2, 0) is 18.4 Å². The fraction of sp³-hybridized carbons (Fsp3) is 1.00. The standard InChI is InChI=1S/C5H5B3F8O4/c9-2(10)4(13,14)5(15,16)3(11,12)1-17-8-19-6-18-7-20-8/h2,6-7H,1H2. The van der Waals surface area contributed by atoms with E-state index in [1.807, 2.05) is 0 Å². The summed E-state index contributed by atoms with van der Waals surface area (Å²) in [5.41, 5.74) is 0. The van der Waals surface area contributed by atoms with Crippen LogP contribution in [0.25, 0.3) is 0 Å². The van der Waals surface area contributed by atoms with Gasteiger partial charge in [-0.15, -0.1) is 0 Å².